The summed E-state index contributed by atoms with van der Waals surface area (Å²) in [6.07, 6.45) is 3.55. The lowest BCUT2D eigenvalue weighted by Crippen LogP contribution is -2.31. The molecular weight excluding hydrogens is 326 g/mol. The first-order valence-electron chi connectivity index (χ1n) is 9.30. The Balaban J connectivity index is 1.59. The van der Waals surface area contributed by atoms with Crippen molar-refractivity contribution in [1.82, 2.24) is 9.88 Å². The van der Waals surface area contributed by atoms with Gasteiger partial charge in [-0.15, -0.1) is 0 Å². The fourth-order valence-corrected chi connectivity index (χ4v) is 3.15. The molecule has 0 spiro atoms. The van der Waals surface area contributed by atoms with E-state index in [2.05, 4.69) is 30.2 Å². The molecular formula is C21H27N3O2. The molecule has 1 aromatic heterocycles. The van der Waals surface area contributed by atoms with Crippen LogP contribution in [0.1, 0.15) is 43.9 Å². The minimum atomic E-state index is -0.252. The number of amides is 1. The first-order valence-corrected chi connectivity index (χ1v) is 9.30. The highest BCUT2D eigenvalue weighted by atomic mass is 16.6. The van der Waals surface area contributed by atoms with Crippen LogP contribution < -0.4 is 5.32 Å². The molecule has 1 aliphatic rings. The van der Waals surface area contributed by atoms with Crippen LogP contribution >= 0.6 is 0 Å². The van der Waals surface area contributed by atoms with E-state index in [1.54, 1.807) is 0 Å². The molecule has 3 rings (SSSR count). The van der Waals surface area contributed by atoms with Crippen molar-refractivity contribution in [1.29, 1.82) is 0 Å². The van der Waals surface area contributed by atoms with Gasteiger partial charge in [-0.1, -0.05) is 50.2 Å². The number of nitrogens with one attached hydrogen (secondary N) is 1. The number of carbonyl (C=O) groups excluding carboxylic acids is 1. The van der Waals surface area contributed by atoms with Gasteiger partial charge in [0.25, 0.3) is 0 Å². The second kappa shape index (κ2) is 8.70. The number of likely N-dealkylation sites (tertiary alicyclic amines) is 1. The third-order valence-corrected chi connectivity index (χ3v) is 4.56. The Morgan fingerprint density at radius 2 is 2.08 bits per heavy atom. The van der Waals surface area contributed by atoms with Crippen LogP contribution in [0.5, 0.6) is 0 Å². The maximum absolute atomic E-state index is 12.5. The van der Waals surface area contributed by atoms with E-state index in [4.69, 9.17) is 4.74 Å². The molecule has 0 saturated carbocycles. The molecule has 26 heavy (non-hydrogen) atoms. The molecule has 0 aliphatic carbocycles. The number of ether oxygens (including phenoxy) is 1. The van der Waals surface area contributed by atoms with Gasteiger partial charge in [0.05, 0.1) is 6.04 Å². The lowest BCUT2D eigenvalue weighted by molar-refractivity contribution is 0.0920. The van der Waals surface area contributed by atoms with Crippen LogP contribution in [0.2, 0.25) is 0 Å². The molecule has 1 fully saturated rings. The number of benzene rings is 1. The Hall–Kier alpha value is -2.56. The molecule has 138 valence electrons. The molecule has 1 amide bonds. The van der Waals surface area contributed by atoms with Crippen LogP contribution in [0.15, 0.2) is 48.7 Å². The molecule has 0 bridgehead atoms. The largest absolute Gasteiger partial charge is 0.445 e. The van der Waals surface area contributed by atoms with E-state index in [9.17, 15) is 4.79 Å². The molecule has 1 saturated heterocycles. The van der Waals surface area contributed by atoms with Crippen LogP contribution in [0.4, 0.5) is 10.6 Å². The van der Waals surface area contributed by atoms with E-state index in [0.29, 0.717) is 12.5 Å². The molecule has 1 aliphatic heterocycles. The fourth-order valence-electron chi connectivity index (χ4n) is 3.15. The van der Waals surface area contributed by atoms with Crippen LogP contribution in [0.25, 0.3) is 0 Å². The van der Waals surface area contributed by atoms with Crippen molar-refractivity contribution in [3.05, 3.63) is 59.8 Å². The number of pyridine rings is 1. The van der Waals surface area contributed by atoms with Crippen molar-refractivity contribution >= 4 is 11.9 Å². The van der Waals surface area contributed by atoms with E-state index in [-0.39, 0.29) is 12.1 Å². The zero-order chi connectivity index (χ0) is 18.4. The van der Waals surface area contributed by atoms with Crippen LogP contribution in [0.3, 0.4) is 0 Å². The summed E-state index contributed by atoms with van der Waals surface area (Å²) in [5.74, 6) is 1.44. The molecule has 5 heteroatoms. The number of nitrogens with zero attached hydrogens (tertiary/aromatic N) is 2. The van der Waals surface area contributed by atoms with Crippen LogP contribution in [-0.2, 0) is 11.3 Å². The number of rotatable bonds is 6. The Labute approximate surface area is 155 Å². The average Bonchev–Trinajstić information content (AvgIpc) is 3.15. The molecule has 0 unspecified atom stereocenters. The average molecular weight is 353 g/mol. The molecule has 0 radical (unpaired) electrons. The number of aromatic nitrogens is 1. The Kier molecular flexibility index (Phi) is 6.10. The van der Waals surface area contributed by atoms with Gasteiger partial charge in [-0.2, -0.15) is 0 Å². The topological polar surface area (TPSA) is 54.5 Å². The molecule has 1 aromatic carbocycles. The monoisotopic (exact) mass is 353 g/mol. The van der Waals surface area contributed by atoms with E-state index >= 15 is 0 Å². The van der Waals surface area contributed by atoms with Gasteiger partial charge in [0.15, 0.2) is 0 Å². The third-order valence-electron chi connectivity index (χ3n) is 4.56. The van der Waals surface area contributed by atoms with Gasteiger partial charge >= 0.3 is 6.09 Å². The molecule has 5 nitrogen and oxygen atoms in total. The standard InChI is InChI=1S/C21H27N3O2/c1-16(2)13-22-20-11-10-18(14-23-20)19-9-6-12-24(19)21(25)26-15-17-7-4-3-5-8-17/h3-5,7-8,10-11,14,16,19H,6,9,12-13,15H2,1-2H3,(H,22,23)/t19-/m0/s1. The smallest absolute Gasteiger partial charge is 0.410 e. The van der Waals surface area contributed by atoms with Gasteiger partial charge in [-0.05, 0) is 36.0 Å². The number of anilines is 1. The van der Waals surface area contributed by atoms with Crippen molar-refractivity contribution in [2.75, 3.05) is 18.4 Å². The van der Waals surface area contributed by atoms with E-state index in [0.717, 1.165) is 42.9 Å². The predicted molar refractivity (Wildman–Crippen MR) is 103 cm³/mol. The summed E-state index contributed by atoms with van der Waals surface area (Å²) in [6.45, 7) is 6.26. The van der Waals surface area contributed by atoms with E-state index in [1.165, 1.54) is 0 Å². The van der Waals surface area contributed by atoms with Gasteiger partial charge in [0, 0.05) is 19.3 Å². The van der Waals surface area contributed by atoms with Crippen molar-refractivity contribution in [3.63, 3.8) is 0 Å². The molecule has 2 heterocycles. The van der Waals surface area contributed by atoms with Crippen LogP contribution in [-0.4, -0.2) is 29.1 Å². The van der Waals surface area contributed by atoms with Crippen LogP contribution in [0, 0.1) is 5.92 Å². The minimum absolute atomic E-state index is 0.0462. The van der Waals surface area contributed by atoms with Gasteiger partial charge in [-0.25, -0.2) is 9.78 Å². The van der Waals surface area contributed by atoms with Crippen molar-refractivity contribution in [3.8, 4) is 0 Å². The first kappa shape index (κ1) is 18.2. The summed E-state index contributed by atoms with van der Waals surface area (Å²) in [5, 5.41) is 3.32. The van der Waals surface area contributed by atoms with Crippen molar-refractivity contribution in [2.24, 2.45) is 5.92 Å². The summed E-state index contributed by atoms with van der Waals surface area (Å²) in [7, 11) is 0. The predicted octanol–water partition coefficient (Wildman–Crippen LogP) is 4.62. The van der Waals surface area contributed by atoms with Crippen molar-refractivity contribution < 1.29 is 9.53 Å². The van der Waals surface area contributed by atoms with Gasteiger partial charge in [-0.3, -0.25) is 0 Å². The van der Waals surface area contributed by atoms with E-state index in [1.807, 2.05) is 47.5 Å². The lowest BCUT2D eigenvalue weighted by atomic mass is 10.1. The number of hydrogen-bond acceptors (Lipinski definition) is 4. The molecule has 2 aromatic rings. The quantitative estimate of drug-likeness (QED) is 0.823. The second-order valence-electron chi connectivity index (χ2n) is 7.14. The normalized spacial score (nSPS) is 16.7. The van der Waals surface area contributed by atoms with Crippen molar-refractivity contribution in [2.45, 2.75) is 39.3 Å². The Morgan fingerprint density at radius 3 is 2.77 bits per heavy atom. The van der Waals surface area contributed by atoms with E-state index < -0.39 is 0 Å². The van der Waals surface area contributed by atoms with Gasteiger partial charge in [0.2, 0.25) is 0 Å². The highest BCUT2D eigenvalue weighted by Crippen LogP contribution is 2.32. The minimum Gasteiger partial charge on any atom is -0.445 e. The number of hydrogen-bond donors (Lipinski definition) is 1. The van der Waals surface area contributed by atoms with Gasteiger partial charge in [0.1, 0.15) is 12.4 Å². The fraction of sp³-hybridized carbons (Fsp3) is 0.429. The molecule has 1 N–H and O–H groups in total. The maximum atomic E-state index is 12.5. The third kappa shape index (κ3) is 4.75. The zero-order valence-corrected chi connectivity index (χ0v) is 15.5. The summed E-state index contributed by atoms with van der Waals surface area (Å²) < 4.78 is 5.51. The molecule has 1 atom stereocenters. The summed E-state index contributed by atoms with van der Waals surface area (Å²) >= 11 is 0. The first-order chi connectivity index (χ1) is 12.6. The number of carbonyl (C=O) groups is 1. The zero-order valence-electron chi connectivity index (χ0n) is 15.5. The summed E-state index contributed by atoms with van der Waals surface area (Å²) in [6, 6.07) is 13.9. The Bertz CT molecular complexity index is 701. The maximum Gasteiger partial charge on any atom is 0.410 e. The summed E-state index contributed by atoms with van der Waals surface area (Å²) in [4.78, 5) is 18.8. The SMILES string of the molecule is CC(C)CNc1ccc([C@@H]2CCCN2C(=O)OCc2ccccc2)cn1. The second-order valence-corrected chi connectivity index (χ2v) is 7.14. The van der Waals surface area contributed by atoms with Gasteiger partial charge < -0.3 is 15.0 Å². The summed E-state index contributed by atoms with van der Waals surface area (Å²) in [5.41, 5.74) is 2.06. The lowest BCUT2D eigenvalue weighted by Gasteiger charge is -2.24. The Morgan fingerprint density at radius 1 is 1.27 bits per heavy atom. The highest BCUT2D eigenvalue weighted by molar-refractivity contribution is 5.68. The highest BCUT2D eigenvalue weighted by Gasteiger charge is 2.31.